The predicted molar refractivity (Wildman–Crippen MR) is 127 cm³/mol. The third-order valence-corrected chi connectivity index (χ3v) is 8.41. The molecule has 0 spiro atoms. The minimum atomic E-state index is -0.245. The van der Waals surface area contributed by atoms with Crippen LogP contribution in [0.15, 0.2) is 66.7 Å². The highest BCUT2D eigenvalue weighted by molar-refractivity contribution is 5.94. The van der Waals surface area contributed by atoms with Crippen molar-refractivity contribution in [1.29, 1.82) is 0 Å². The Morgan fingerprint density at radius 2 is 1.50 bits per heavy atom. The van der Waals surface area contributed by atoms with Crippen molar-refractivity contribution in [3.8, 4) is 0 Å². The van der Waals surface area contributed by atoms with E-state index >= 15 is 0 Å². The molecule has 0 aromatic heterocycles. The molecule has 164 valence electrons. The Hall–Kier alpha value is -2.68. The fourth-order valence-electron chi connectivity index (χ4n) is 7.34. The fourth-order valence-corrected chi connectivity index (χ4v) is 7.34. The lowest BCUT2D eigenvalue weighted by Gasteiger charge is -2.56. The Kier molecular flexibility index (Phi) is 4.82. The number of ketones is 1. The van der Waals surface area contributed by atoms with Crippen molar-refractivity contribution < 1.29 is 9.18 Å². The summed E-state index contributed by atoms with van der Waals surface area (Å²) in [6.45, 7) is 0. The quantitative estimate of drug-likeness (QED) is 0.447. The fraction of sp³-hybridized carbons (Fsp3) is 0.414. The number of carbonyl (C=O) groups is 1. The molecule has 7 rings (SSSR count). The van der Waals surface area contributed by atoms with Gasteiger partial charge in [-0.3, -0.25) is 4.79 Å². The van der Waals surface area contributed by atoms with E-state index in [1.54, 1.807) is 0 Å². The van der Waals surface area contributed by atoms with Crippen LogP contribution >= 0.6 is 0 Å². The second-order valence-electron chi connectivity index (χ2n) is 10.6. The molecule has 2 nitrogen and oxygen atoms in total. The maximum atomic E-state index is 13.9. The molecule has 0 radical (unpaired) electrons. The van der Waals surface area contributed by atoms with Gasteiger partial charge in [0, 0.05) is 22.9 Å². The van der Waals surface area contributed by atoms with Gasteiger partial charge < -0.3 is 5.32 Å². The van der Waals surface area contributed by atoms with Crippen molar-refractivity contribution in [2.75, 3.05) is 5.32 Å². The largest absolute Gasteiger partial charge is 0.377 e. The van der Waals surface area contributed by atoms with Gasteiger partial charge in [-0.1, -0.05) is 48.5 Å². The first-order valence-corrected chi connectivity index (χ1v) is 12.1. The zero-order valence-electron chi connectivity index (χ0n) is 18.4. The lowest BCUT2D eigenvalue weighted by molar-refractivity contribution is -0.144. The molecule has 0 saturated heterocycles. The molecule has 0 amide bonds. The van der Waals surface area contributed by atoms with Gasteiger partial charge in [-0.05, 0) is 85.4 Å². The first-order chi connectivity index (χ1) is 15.6. The average Bonchev–Trinajstić information content (AvgIpc) is 2.78. The number of hydrogen-bond donors (Lipinski definition) is 1. The van der Waals surface area contributed by atoms with Crippen LogP contribution in [-0.2, 0) is 4.79 Å². The van der Waals surface area contributed by atoms with Crippen LogP contribution in [0.4, 0.5) is 10.1 Å². The monoisotopic (exact) mass is 427 g/mol. The molecule has 0 aliphatic heterocycles. The van der Waals surface area contributed by atoms with Crippen LogP contribution in [0.5, 0.6) is 0 Å². The summed E-state index contributed by atoms with van der Waals surface area (Å²) in [5.41, 5.74) is 1.88. The maximum Gasteiger partial charge on any atom is 0.141 e. The lowest BCUT2D eigenvalue weighted by Crippen LogP contribution is -2.50. The van der Waals surface area contributed by atoms with Crippen molar-refractivity contribution in [2.24, 2.45) is 23.2 Å². The maximum absolute atomic E-state index is 13.9. The molecule has 1 N–H and O–H groups in total. The smallest absolute Gasteiger partial charge is 0.141 e. The van der Waals surface area contributed by atoms with Crippen molar-refractivity contribution in [1.82, 2.24) is 0 Å². The van der Waals surface area contributed by atoms with E-state index in [4.69, 9.17) is 0 Å². The summed E-state index contributed by atoms with van der Waals surface area (Å²) in [4.78, 5) is 13.9. The number of hydrogen-bond acceptors (Lipinski definition) is 2. The number of Topliss-reactive ketones (excluding diaryl/α,β-unsaturated/α-hetero) is 1. The topological polar surface area (TPSA) is 29.1 Å². The Labute approximate surface area is 189 Å². The van der Waals surface area contributed by atoms with Gasteiger partial charge in [0.05, 0.1) is 6.04 Å². The number of carbonyl (C=O) groups excluding carboxylic acids is 1. The standard InChI is InChI=1S/C29H30FNO/c30-24-10-8-23(9-11-24)27(31-26-7-3-5-22-4-1-2-6-25(22)26)15-28(32)29-16-19-12-20(17-29)14-21(13-19)18-29/h1-11,19-21,27,31H,12-18H2. The van der Waals surface area contributed by atoms with Crippen LogP contribution in [0.2, 0.25) is 0 Å². The van der Waals surface area contributed by atoms with E-state index in [9.17, 15) is 9.18 Å². The third kappa shape index (κ3) is 3.52. The van der Waals surface area contributed by atoms with E-state index in [1.807, 2.05) is 30.3 Å². The van der Waals surface area contributed by atoms with Gasteiger partial charge in [0.1, 0.15) is 11.6 Å². The highest BCUT2D eigenvalue weighted by atomic mass is 19.1. The molecule has 1 unspecified atom stereocenters. The zero-order valence-corrected chi connectivity index (χ0v) is 18.4. The molecule has 0 heterocycles. The zero-order chi connectivity index (χ0) is 21.7. The minimum absolute atomic E-state index is 0.118. The normalized spacial score (nSPS) is 29.2. The van der Waals surface area contributed by atoms with Gasteiger partial charge in [-0.2, -0.15) is 0 Å². The van der Waals surface area contributed by atoms with E-state index in [0.717, 1.165) is 53.7 Å². The molecule has 3 aromatic carbocycles. The van der Waals surface area contributed by atoms with E-state index in [2.05, 4.69) is 29.6 Å². The Bertz CT molecular complexity index is 1110. The van der Waals surface area contributed by atoms with Gasteiger partial charge in [0.2, 0.25) is 0 Å². The second kappa shape index (κ2) is 7.72. The van der Waals surface area contributed by atoms with E-state index < -0.39 is 0 Å². The van der Waals surface area contributed by atoms with Gasteiger partial charge in [-0.25, -0.2) is 4.39 Å². The number of anilines is 1. The molecule has 4 aliphatic carbocycles. The number of rotatable bonds is 6. The summed E-state index contributed by atoms with van der Waals surface area (Å²) in [5.74, 6) is 2.42. The third-order valence-electron chi connectivity index (χ3n) is 8.41. The van der Waals surface area contributed by atoms with Gasteiger partial charge in [0.25, 0.3) is 0 Å². The lowest BCUT2D eigenvalue weighted by atomic mass is 9.48. The van der Waals surface area contributed by atoms with E-state index in [0.29, 0.717) is 12.2 Å². The van der Waals surface area contributed by atoms with Crippen LogP contribution in [-0.4, -0.2) is 5.78 Å². The van der Waals surface area contributed by atoms with E-state index in [1.165, 1.54) is 36.8 Å². The summed E-state index contributed by atoms with van der Waals surface area (Å²) < 4.78 is 13.7. The Morgan fingerprint density at radius 1 is 0.875 bits per heavy atom. The first kappa shape index (κ1) is 20.0. The van der Waals surface area contributed by atoms with Crippen LogP contribution in [0.25, 0.3) is 10.8 Å². The molecule has 4 bridgehead atoms. The van der Waals surface area contributed by atoms with Crippen LogP contribution in [0.3, 0.4) is 0 Å². The van der Waals surface area contributed by atoms with Crippen LogP contribution in [0.1, 0.15) is 56.6 Å². The summed E-state index contributed by atoms with van der Waals surface area (Å²) >= 11 is 0. The molecular formula is C29H30FNO. The molecule has 4 saturated carbocycles. The average molecular weight is 428 g/mol. The summed E-state index contributed by atoms with van der Waals surface area (Å²) in [7, 11) is 0. The number of halogens is 1. The molecule has 1 atom stereocenters. The summed E-state index contributed by atoms with van der Waals surface area (Å²) in [5, 5.41) is 5.99. The van der Waals surface area contributed by atoms with Crippen LogP contribution < -0.4 is 5.32 Å². The molecule has 4 aliphatic rings. The molecule has 32 heavy (non-hydrogen) atoms. The predicted octanol–water partition coefficient (Wildman–Crippen LogP) is 7.31. The SMILES string of the molecule is O=C(CC(Nc1cccc2ccccc12)c1ccc(F)cc1)C12CC3CC(CC(C3)C1)C2. The Balaban J connectivity index is 1.32. The van der Waals surface area contributed by atoms with E-state index in [-0.39, 0.29) is 17.3 Å². The van der Waals surface area contributed by atoms with Crippen LogP contribution in [0, 0.1) is 29.0 Å². The number of benzene rings is 3. The summed E-state index contributed by atoms with van der Waals surface area (Å²) in [6.07, 6.45) is 7.72. The number of fused-ring (bicyclic) bond motifs is 1. The highest BCUT2D eigenvalue weighted by Gasteiger charge is 2.54. The van der Waals surface area contributed by atoms with Crippen molar-refractivity contribution in [3.05, 3.63) is 78.1 Å². The van der Waals surface area contributed by atoms with Crippen molar-refractivity contribution in [2.45, 2.75) is 51.0 Å². The minimum Gasteiger partial charge on any atom is -0.377 e. The molecule has 3 heteroatoms. The van der Waals surface area contributed by atoms with Gasteiger partial charge in [-0.15, -0.1) is 0 Å². The van der Waals surface area contributed by atoms with Crippen molar-refractivity contribution >= 4 is 22.2 Å². The molecule has 3 aromatic rings. The van der Waals surface area contributed by atoms with Gasteiger partial charge in [0.15, 0.2) is 0 Å². The second-order valence-corrected chi connectivity index (χ2v) is 10.6. The first-order valence-electron chi connectivity index (χ1n) is 12.1. The summed E-state index contributed by atoms with van der Waals surface area (Å²) in [6, 6.07) is 21.0. The number of nitrogens with one attached hydrogen (secondary N) is 1. The molecule has 4 fully saturated rings. The highest BCUT2D eigenvalue weighted by Crippen LogP contribution is 2.61. The molecular weight excluding hydrogens is 397 g/mol. The Morgan fingerprint density at radius 3 is 2.19 bits per heavy atom. The van der Waals surface area contributed by atoms with Crippen molar-refractivity contribution in [3.63, 3.8) is 0 Å². The van der Waals surface area contributed by atoms with Gasteiger partial charge >= 0.3 is 0 Å².